The lowest BCUT2D eigenvalue weighted by molar-refractivity contribution is 0.102. The Balaban J connectivity index is 2.36. The van der Waals surface area contributed by atoms with Gasteiger partial charge in [0.25, 0.3) is 5.91 Å². The van der Waals surface area contributed by atoms with Gasteiger partial charge < -0.3 is 14.8 Å². The summed E-state index contributed by atoms with van der Waals surface area (Å²) in [6.45, 7) is 0. The van der Waals surface area contributed by atoms with Gasteiger partial charge in [0.2, 0.25) is 0 Å². The number of nitrogens with zero attached hydrogens (tertiary/aromatic N) is 1. The topological polar surface area (TPSA) is 76.2 Å². The van der Waals surface area contributed by atoms with E-state index < -0.39 is 0 Å². The van der Waals surface area contributed by atoms with E-state index in [2.05, 4.69) is 31.4 Å². The lowest BCUT2D eigenvalue weighted by Gasteiger charge is -2.12. The van der Waals surface area contributed by atoms with E-state index in [9.17, 15) is 4.79 Å². The number of hydrogen-bond acceptors (Lipinski definition) is 4. The summed E-state index contributed by atoms with van der Waals surface area (Å²) in [7, 11) is 3.03. The molecule has 100 valence electrons. The van der Waals surface area contributed by atoms with E-state index >= 15 is 0 Å². The number of carbonyl (C=O) groups is 1. The second-order valence-electron chi connectivity index (χ2n) is 3.63. The number of rotatable bonds is 4. The highest BCUT2D eigenvalue weighted by molar-refractivity contribution is 9.10. The summed E-state index contributed by atoms with van der Waals surface area (Å²) in [6.07, 6.45) is 3.10. The van der Waals surface area contributed by atoms with Crippen molar-refractivity contribution >= 4 is 27.5 Å². The third-order valence-electron chi connectivity index (χ3n) is 2.46. The van der Waals surface area contributed by atoms with Crippen LogP contribution < -0.4 is 14.8 Å². The van der Waals surface area contributed by atoms with Crippen LogP contribution in [0.3, 0.4) is 0 Å². The van der Waals surface area contributed by atoms with Crippen LogP contribution in [-0.4, -0.2) is 30.3 Å². The maximum Gasteiger partial charge on any atom is 0.259 e. The lowest BCUT2D eigenvalue weighted by Crippen LogP contribution is -2.13. The molecule has 0 bridgehead atoms. The van der Waals surface area contributed by atoms with E-state index in [0.717, 1.165) is 0 Å². The van der Waals surface area contributed by atoms with E-state index in [1.807, 2.05) is 0 Å². The van der Waals surface area contributed by atoms with Crippen LogP contribution in [0.15, 0.2) is 29.0 Å². The number of halogens is 1. The Labute approximate surface area is 118 Å². The van der Waals surface area contributed by atoms with E-state index in [1.54, 1.807) is 18.3 Å². The van der Waals surface area contributed by atoms with Gasteiger partial charge in [-0.2, -0.15) is 5.10 Å². The summed E-state index contributed by atoms with van der Waals surface area (Å²) in [5.41, 5.74) is 0.945. The first-order chi connectivity index (χ1) is 9.15. The van der Waals surface area contributed by atoms with Gasteiger partial charge in [0.15, 0.2) is 0 Å². The molecule has 1 aromatic carbocycles. The zero-order valence-corrected chi connectivity index (χ0v) is 11.9. The molecule has 19 heavy (non-hydrogen) atoms. The maximum atomic E-state index is 12.2. The molecule has 7 heteroatoms. The zero-order valence-electron chi connectivity index (χ0n) is 10.4. The van der Waals surface area contributed by atoms with Crippen LogP contribution in [0.2, 0.25) is 0 Å². The number of hydrogen-bond donors (Lipinski definition) is 2. The van der Waals surface area contributed by atoms with Gasteiger partial charge in [-0.3, -0.25) is 9.89 Å². The van der Waals surface area contributed by atoms with Crippen molar-refractivity contribution in [3.05, 3.63) is 34.6 Å². The molecular formula is C12H12BrN3O3. The maximum absolute atomic E-state index is 12.2. The minimum atomic E-state index is -0.308. The van der Waals surface area contributed by atoms with Gasteiger partial charge >= 0.3 is 0 Å². The molecule has 0 atom stereocenters. The van der Waals surface area contributed by atoms with Crippen LogP contribution >= 0.6 is 15.9 Å². The van der Waals surface area contributed by atoms with Crippen LogP contribution in [0.25, 0.3) is 0 Å². The quantitative estimate of drug-likeness (QED) is 0.905. The van der Waals surface area contributed by atoms with Crippen molar-refractivity contribution in [3.8, 4) is 11.5 Å². The van der Waals surface area contributed by atoms with E-state index in [4.69, 9.17) is 9.47 Å². The summed E-state index contributed by atoms with van der Waals surface area (Å²) in [4.78, 5) is 12.2. The smallest absolute Gasteiger partial charge is 0.259 e. The molecule has 1 amide bonds. The van der Waals surface area contributed by atoms with Crippen molar-refractivity contribution < 1.29 is 14.3 Å². The first kappa shape index (κ1) is 13.4. The first-order valence-electron chi connectivity index (χ1n) is 5.37. The molecule has 0 saturated heterocycles. The van der Waals surface area contributed by atoms with Crippen LogP contribution in [0.4, 0.5) is 5.69 Å². The predicted octanol–water partition coefficient (Wildman–Crippen LogP) is 2.44. The monoisotopic (exact) mass is 325 g/mol. The second kappa shape index (κ2) is 5.75. The Morgan fingerprint density at radius 1 is 1.37 bits per heavy atom. The molecule has 0 saturated carbocycles. The SMILES string of the molecule is COc1cc(Br)c(OC)c(C(=O)Nc2cn[nH]c2)c1. The van der Waals surface area contributed by atoms with Gasteiger partial charge in [-0.25, -0.2) is 0 Å². The molecule has 1 heterocycles. The Bertz CT molecular complexity index is 584. The highest BCUT2D eigenvalue weighted by Crippen LogP contribution is 2.33. The number of aromatic amines is 1. The zero-order chi connectivity index (χ0) is 13.8. The van der Waals surface area contributed by atoms with Gasteiger partial charge in [-0.1, -0.05) is 0 Å². The van der Waals surface area contributed by atoms with Crippen LogP contribution in [-0.2, 0) is 0 Å². The average molecular weight is 326 g/mol. The number of H-pyrrole nitrogens is 1. The predicted molar refractivity (Wildman–Crippen MR) is 73.8 cm³/mol. The number of nitrogens with one attached hydrogen (secondary N) is 2. The van der Waals surface area contributed by atoms with E-state index in [1.165, 1.54) is 20.4 Å². The van der Waals surface area contributed by atoms with Crippen LogP contribution in [0.1, 0.15) is 10.4 Å². The fourth-order valence-electron chi connectivity index (χ4n) is 1.58. The van der Waals surface area contributed by atoms with Crippen LogP contribution in [0, 0.1) is 0 Å². The Kier molecular flexibility index (Phi) is 4.06. The molecule has 0 spiro atoms. The van der Waals surface area contributed by atoms with Crippen molar-refractivity contribution in [2.24, 2.45) is 0 Å². The highest BCUT2D eigenvalue weighted by Gasteiger charge is 2.17. The van der Waals surface area contributed by atoms with Gasteiger partial charge in [0.1, 0.15) is 11.5 Å². The third-order valence-corrected chi connectivity index (χ3v) is 3.05. The van der Waals surface area contributed by atoms with Crippen molar-refractivity contribution in [1.82, 2.24) is 10.2 Å². The largest absolute Gasteiger partial charge is 0.497 e. The van der Waals surface area contributed by atoms with Gasteiger partial charge in [0, 0.05) is 6.20 Å². The number of benzene rings is 1. The second-order valence-corrected chi connectivity index (χ2v) is 4.49. The minimum Gasteiger partial charge on any atom is -0.497 e. The standard InChI is InChI=1S/C12H12BrN3O3/c1-18-8-3-9(11(19-2)10(13)4-8)12(17)16-7-5-14-15-6-7/h3-6H,1-2H3,(H,14,15)(H,16,17). The van der Waals surface area contributed by atoms with Crippen LogP contribution in [0.5, 0.6) is 11.5 Å². The number of anilines is 1. The summed E-state index contributed by atoms with van der Waals surface area (Å²) in [5.74, 6) is 0.699. The fraction of sp³-hybridized carbons (Fsp3) is 0.167. The molecule has 0 aliphatic rings. The Morgan fingerprint density at radius 3 is 2.74 bits per heavy atom. The number of aromatic nitrogens is 2. The minimum absolute atomic E-state index is 0.308. The molecular weight excluding hydrogens is 314 g/mol. The molecule has 1 aromatic heterocycles. The summed E-state index contributed by atoms with van der Waals surface area (Å²) in [6, 6.07) is 3.34. The summed E-state index contributed by atoms with van der Waals surface area (Å²) in [5, 5.41) is 9.08. The summed E-state index contributed by atoms with van der Waals surface area (Å²) >= 11 is 3.34. The molecule has 0 radical (unpaired) electrons. The molecule has 2 aromatic rings. The molecule has 0 fully saturated rings. The van der Waals surface area contributed by atoms with E-state index in [0.29, 0.717) is 27.2 Å². The molecule has 2 rings (SSSR count). The number of amides is 1. The Hall–Kier alpha value is -2.02. The number of carbonyl (C=O) groups excluding carboxylic acids is 1. The summed E-state index contributed by atoms with van der Waals surface area (Å²) < 4.78 is 11.0. The van der Waals surface area contributed by atoms with E-state index in [-0.39, 0.29) is 5.91 Å². The van der Waals surface area contributed by atoms with Gasteiger partial charge in [0.05, 0.1) is 36.1 Å². The average Bonchev–Trinajstić information content (AvgIpc) is 2.90. The number of methoxy groups -OCH3 is 2. The first-order valence-corrected chi connectivity index (χ1v) is 6.16. The molecule has 6 nitrogen and oxygen atoms in total. The van der Waals surface area contributed by atoms with Gasteiger partial charge in [-0.05, 0) is 28.1 Å². The normalized spacial score (nSPS) is 10.1. The third kappa shape index (κ3) is 2.87. The fourth-order valence-corrected chi connectivity index (χ4v) is 2.18. The van der Waals surface area contributed by atoms with Crippen molar-refractivity contribution in [2.45, 2.75) is 0 Å². The molecule has 0 aliphatic carbocycles. The van der Waals surface area contributed by atoms with Crippen molar-refractivity contribution in [1.29, 1.82) is 0 Å². The lowest BCUT2D eigenvalue weighted by atomic mass is 10.1. The highest BCUT2D eigenvalue weighted by atomic mass is 79.9. The molecule has 0 unspecified atom stereocenters. The van der Waals surface area contributed by atoms with Crippen molar-refractivity contribution in [2.75, 3.05) is 19.5 Å². The number of ether oxygens (including phenoxy) is 2. The van der Waals surface area contributed by atoms with Crippen molar-refractivity contribution in [3.63, 3.8) is 0 Å². The van der Waals surface area contributed by atoms with Gasteiger partial charge in [-0.15, -0.1) is 0 Å². The molecule has 2 N–H and O–H groups in total. The molecule has 0 aliphatic heterocycles. The Morgan fingerprint density at radius 2 is 2.16 bits per heavy atom.